The fourth-order valence-electron chi connectivity index (χ4n) is 2.26. The minimum Gasteiger partial charge on any atom is -0.383 e. The van der Waals surface area contributed by atoms with Gasteiger partial charge in [-0.05, 0) is 24.1 Å². The predicted octanol–water partition coefficient (Wildman–Crippen LogP) is 1.26. The highest BCUT2D eigenvalue weighted by molar-refractivity contribution is 6.30. The fourth-order valence-corrected chi connectivity index (χ4v) is 2.39. The van der Waals surface area contributed by atoms with Crippen LogP contribution in [-0.2, 0) is 14.3 Å². The quantitative estimate of drug-likeness (QED) is 0.858. The van der Waals surface area contributed by atoms with Gasteiger partial charge in [0.2, 0.25) is 5.91 Å². The Bertz CT molecular complexity index is 452. The molecule has 2 rings (SSSR count). The summed E-state index contributed by atoms with van der Waals surface area (Å²) in [7, 11) is 1.52. The van der Waals surface area contributed by atoms with Crippen molar-refractivity contribution in [1.29, 1.82) is 0 Å². The van der Waals surface area contributed by atoms with Crippen molar-refractivity contribution < 1.29 is 14.3 Å². The largest absolute Gasteiger partial charge is 0.383 e. The van der Waals surface area contributed by atoms with Crippen LogP contribution >= 0.6 is 11.6 Å². The maximum atomic E-state index is 11.9. The van der Waals surface area contributed by atoms with Crippen LogP contribution in [0.3, 0.4) is 0 Å². The zero-order valence-electron chi connectivity index (χ0n) is 11.3. The second-order valence-corrected chi connectivity index (χ2v) is 5.24. The minimum absolute atomic E-state index is 0.0772. The SMILES string of the molecule is COCC(N)C(=O)NC1CCOC1c1ccc(Cl)cc1. The van der Waals surface area contributed by atoms with Crippen LogP contribution in [0, 0.1) is 0 Å². The first kappa shape index (κ1) is 15.3. The Kier molecular flexibility index (Phi) is 5.37. The van der Waals surface area contributed by atoms with Gasteiger partial charge in [0, 0.05) is 18.7 Å². The number of hydrogen-bond acceptors (Lipinski definition) is 4. The molecule has 0 bridgehead atoms. The van der Waals surface area contributed by atoms with E-state index in [0.717, 1.165) is 12.0 Å². The monoisotopic (exact) mass is 298 g/mol. The van der Waals surface area contributed by atoms with Gasteiger partial charge in [-0.15, -0.1) is 0 Å². The van der Waals surface area contributed by atoms with E-state index in [4.69, 9.17) is 26.8 Å². The van der Waals surface area contributed by atoms with E-state index >= 15 is 0 Å². The van der Waals surface area contributed by atoms with Crippen molar-refractivity contribution in [3.63, 3.8) is 0 Å². The lowest BCUT2D eigenvalue weighted by Gasteiger charge is -2.22. The summed E-state index contributed by atoms with van der Waals surface area (Å²) in [6, 6.07) is 6.71. The van der Waals surface area contributed by atoms with Crippen LogP contribution in [0.2, 0.25) is 5.02 Å². The maximum absolute atomic E-state index is 11.9. The van der Waals surface area contributed by atoms with Crippen LogP contribution in [0.25, 0.3) is 0 Å². The van der Waals surface area contributed by atoms with Crippen LogP contribution in [0.1, 0.15) is 18.1 Å². The molecule has 20 heavy (non-hydrogen) atoms. The highest BCUT2D eigenvalue weighted by atomic mass is 35.5. The van der Waals surface area contributed by atoms with Crippen LogP contribution in [0.15, 0.2) is 24.3 Å². The van der Waals surface area contributed by atoms with Gasteiger partial charge in [-0.1, -0.05) is 23.7 Å². The summed E-state index contributed by atoms with van der Waals surface area (Å²) in [5, 5.41) is 3.60. The number of methoxy groups -OCH3 is 1. The molecule has 5 nitrogen and oxygen atoms in total. The van der Waals surface area contributed by atoms with E-state index < -0.39 is 6.04 Å². The van der Waals surface area contributed by atoms with Gasteiger partial charge in [0.1, 0.15) is 12.1 Å². The van der Waals surface area contributed by atoms with Crippen molar-refractivity contribution in [2.75, 3.05) is 20.3 Å². The van der Waals surface area contributed by atoms with Crippen LogP contribution in [-0.4, -0.2) is 38.3 Å². The van der Waals surface area contributed by atoms with E-state index in [0.29, 0.717) is 11.6 Å². The number of benzene rings is 1. The van der Waals surface area contributed by atoms with E-state index in [2.05, 4.69) is 5.32 Å². The standard InChI is InChI=1S/C14H19ClN2O3/c1-19-8-11(16)14(18)17-12-6-7-20-13(12)9-2-4-10(15)5-3-9/h2-5,11-13H,6-8,16H2,1H3,(H,17,18). The van der Waals surface area contributed by atoms with Crippen LogP contribution < -0.4 is 11.1 Å². The molecule has 3 N–H and O–H groups in total. The smallest absolute Gasteiger partial charge is 0.239 e. The second-order valence-electron chi connectivity index (χ2n) is 4.81. The number of rotatable bonds is 5. The molecule has 1 heterocycles. The van der Waals surface area contributed by atoms with Gasteiger partial charge >= 0.3 is 0 Å². The van der Waals surface area contributed by atoms with Gasteiger partial charge in [-0.25, -0.2) is 0 Å². The molecule has 0 aliphatic carbocycles. The highest BCUT2D eigenvalue weighted by Gasteiger charge is 2.31. The number of hydrogen-bond donors (Lipinski definition) is 2. The average Bonchev–Trinajstić information content (AvgIpc) is 2.88. The number of nitrogens with one attached hydrogen (secondary N) is 1. The Hall–Kier alpha value is -1.14. The first-order chi connectivity index (χ1) is 9.61. The number of carbonyl (C=O) groups excluding carboxylic acids is 1. The summed E-state index contributed by atoms with van der Waals surface area (Å²) in [5.41, 5.74) is 6.71. The molecule has 3 atom stereocenters. The molecular weight excluding hydrogens is 280 g/mol. The summed E-state index contributed by atoms with van der Waals surface area (Å²) in [6.45, 7) is 0.808. The van der Waals surface area contributed by atoms with Crippen molar-refractivity contribution in [3.8, 4) is 0 Å². The van der Waals surface area contributed by atoms with Gasteiger partial charge in [-0.2, -0.15) is 0 Å². The van der Waals surface area contributed by atoms with Gasteiger partial charge in [0.25, 0.3) is 0 Å². The first-order valence-corrected chi connectivity index (χ1v) is 6.91. The minimum atomic E-state index is -0.661. The summed E-state index contributed by atoms with van der Waals surface area (Å²) >= 11 is 5.87. The molecule has 1 amide bonds. The lowest BCUT2D eigenvalue weighted by atomic mass is 10.0. The summed E-state index contributed by atoms with van der Waals surface area (Å²) in [6.07, 6.45) is 0.601. The average molecular weight is 299 g/mol. The lowest BCUT2D eigenvalue weighted by Crippen LogP contribution is -2.48. The van der Waals surface area contributed by atoms with Crippen molar-refractivity contribution in [2.24, 2.45) is 5.73 Å². The molecule has 0 saturated carbocycles. The van der Waals surface area contributed by atoms with Gasteiger partial charge in [0.15, 0.2) is 0 Å². The maximum Gasteiger partial charge on any atom is 0.239 e. The molecule has 110 valence electrons. The summed E-state index contributed by atoms with van der Waals surface area (Å²) in [5.74, 6) is -0.221. The Labute approximate surface area is 123 Å². The molecule has 1 fully saturated rings. The second kappa shape index (κ2) is 7.04. The molecule has 1 saturated heterocycles. The molecule has 1 aliphatic rings. The topological polar surface area (TPSA) is 73.6 Å². The Morgan fingerprint density at radius 2 is 2.25 bits per heavy atom. The summed E-state index contributed by atoms with van der Waals surface area (Å²) < 4.78 is 10.6. The molecular formula is C14H19ClN2O3. The van der Waals surface area contributed by atoms with Gasteiger partial charge < -0.3 is 20.5 Å². The van der Waals surface area contributed by atoms with E-state index in [1.54, 1.807) is 0 Å². The predicted molar refractivity (Wildman–Crippen MR) is 76.5 cm³/mol. The van der Waals surface area contributed by atoms with E-state index in [1.165, 1.54) is 7.11 Å². The third-order valence-electron chi connectivity index (χ3n) is 3.30. The molecule has 0 aromatic heterocycles. The van der Waals surface area contributed by atoms with Gasteiger partial charge in [0.05, 0.1) is 12.6 Å². The fraction of sp³-hybridized carbons (Fsp3) is 0.500. The van der Waals surface area contributed by atoms with E-state index in [1.807, 2.05) is 24.3 Å². The molecule has 1 aliphatic heterocycles. The Balaban J connectivity index is 2.00. The Morgan fingerprint density at radius 3 is 2.90 bits per heavy atom. The van der Waals surface area contributed by atoms with Crippen LogP contribution in [0.5, 0.6) is 0 Å². The molecule has 1 aromatic rings. The third kappa shape index (κ3) is 3.70. The molecule has 0 spiro atoms. The van der Waals surface area contributed by atoms with E-state index in [9.17, 15) is 4.79 Å². The number of ether oxygens (including phenoxy) is 2. The zero-order valence-corrected chi connectivity index (χ0v) is 12.1. The van der Waals surface area contributed by atoms with Crippen molar-refractivity contribution in [2.45, 2.75) is 24.6 Å². The lowest BCUT2D eigenvalue weighted by molar-refractivity contribution is -0.124. The van der Waals surface area contributed by atoms with E-state index in [-0.39, 0.29) is 24.7 Å². The molecule has 0 radical (unpaired) electrons. The number of carbonyl (C=O) groups is 1. The Morgan fingerprint density at radius 1 is 1.55 bits per heavy atom. The number of nitrogens with two attached hydrogens (primary N) is 1. The number of halogens is 1. The first-order valence-electron chi connectivity index (χ1n) is 6.53. The number of amides is 1. The van der Waals surface area contributed by atoms with Crippen molar-refractivity contribution in [1.82, 2.24) is 5.32 Å². The molecule has 3 unspecified atom stereocenters. The molecule has 1 aromatic carbocycles. The highest BCUT2D eigenvalue weighted by Crippen LogP contribution is 2.29. The molecule has 6 heteroatoms. The summed E-state index contributed by atoms with van der Waals surface area (Å²) in [4.78, 5) is 11.9. The van der Waals surface area contributed by atoms with Crippen molar-refractivity contribution in [3.05, 3.63) is 34.9 Å². The third-order valence-corrected chi connectivity index (χ3v) is 3.55. The normalized spacial score (nSPS) is 23.6. The zero-order chi connectivity index (χ0) is 14.5. The van der Waals surface area contributed by atoms with Gasteiger partial charge in [-0.3, -0.25) is 4.79 Å². The van der Waals surface area contributed by atoms with Crippen LogP contribution in [0.4, 0.5) is 0 Å². The van der Waals surface area contributed by atoms with Crippen molar-refractivity contribution >= 4 is 17.5 Å².